The maximum atomic E-state index is 12.7. The number of rotatable bonds is 4. The van der Waals surface area contributed by atoms with Gasteiger partial charge in [-0.25, -0.2) is 14.9 Å². The van der Waals surface area contributed by atoms with Crippen LogP contribution >= 0.6 is 0 Å². The van der Waals surface area contributed by atoms with Crippen LogP contribution in [0, 0.1) is 0 Å². The first kappa shape index (κ1) is 15.4. The molecule has 3 aromatic rings. The number of H-pyrrole nitrogens is 1. The fourth-order valence-electron chi connectivity index (χ4n) is 3.07. The summed E-state index contributed by atoms with van der Waals surface area (Å²) in [6.07, 6.45) is 6.85. The van der Waals surface area contributed by atoms with Crippen molar-refractivity contribution < 1.29 is 13.6 Å². The number of nitrogens with zero attached hydrogens (tertiary/aromatic N) is 4. The Morgan fingerprint density at radius 1 is 1.36 bits per heavy atom. The highest BCUT2D eigenvalue weighted by Crippen LogP contribution is 2.26. The van der Waals surface area contributed by atoms with E-state index in [0.717, 1.165) is 12.8 Å². The molecule has 0 saturated carbocycles. The zero-order valence-corrected chi connectivity index (χ0v) is 13.4. The van der Waals surface area contributed by atoms with E-state index >= 15 is 0 Å². The van der Waals surface area contributed by atoms with E-state index < -0.39 is 5.76 Å². The number of hydrogen-bond donors (Lipinski definition) is 1. The highest BCUT2D eigenvalue weighted by atomic mass is 16.4. The van der Waals surface area contributed by atoms with Gasteiger partial charge < -0.3 is 18.3 Å². The van der Waals surface area contributed by atoms with Crippen molar-refractivity contribution in [3.05, 3.63) is 58.8 Å². The van der Waals surface area contributed by atoms with Gasteiger partial charge in [0.25, 0.3) is 5.91 Å². The van der Waals surface area contributed by atoms with Gasteiger partial charge in [-0.05, 0) is 25.0 Å². The average molecular weight is 343 g/mol. The molecule has 0 spiro atoms. The highest BCUT2D eigenvalue weighted by molar-refractivity contribution is 5.91. The summed E-state index contributed by atoms with van der Waals surface area (Å²) in [7, 11) is 0. The minimum absolute atomic E-state index is 0.0861. The summed E-state index contributed by atoms with van der Waals surface area (Å²) in [6, 6.07) is 3.48. The van der Waals surface area contributed by atoms with Crippen LogP contribution in [0.2, 0.25) is 0 Å². The van der Waals surface area contributed by atoms with Crippen molar-refractivity contribution >= 4 is 5.91 Å². The van der Waals surface area contributed by atoms with Gasteiger partial charge >= 0.3 is 5.76 Å². The second kappa shape index (κ2) is 6.42. The zero-order valence-electron chi connectivity index (χ0n) is 13.4. The third-order valence-corrected chi connectivity index (χ3v) is 4.28. The molecular formula is C16H17N5O4. The molecule has 9 heteroatoms. The van der Waals surface area contributed by atoms with Crippen LogP contribution in [0.1, 0.15) is 41.0 Å². The number of carbonyl (C=O) groups excluding carboxylic acids is 1. The molecule has 0 radical (unpaired) electrons. The summed E-state index contributed by atoms with van der Waals surface area (Å²) in [5.41, 5.74) is 0. The van der Waals surface area contributed by atoms with Gasteiger partial charge in [0, 0.05) is 25.5 Å². The van der Waals surface area contributed by atoms with Gasteiger partial charge in [-0.15, -0.1) is 5.10 Å². The van der Waals surface area contributed by atoms with Crippen molar-refractivity contribution in [3.8, 4) is 0 Å². The van der Waals surface area contributed by atoms with Crippen molar-refractivity contribution in [1.82, 2.24) is 24.6 Å². The third-order valence-electron chi connectivity index (χ3n) is 4.28. The smallest absolute Gasteiger partial charge is 0.434 e. The molecule has 1 amide bonds. The number of furan rings is 1. The van der Waals surface area contributed by atoms with E-state index in [1.807, 2.05) is 10.8 Å². The summed E-state index contributed by atoms with van der Waals surface area (Å²) >= 11 is 0. The SMILES string of the molecule is O=C(c1ccc(Cn2ccnc2)o1)N1CCCC(c2n[nH]c(=O)o2)C1. The lowest BCUT2D eigenvalue weighted by Gasteiger charge is -2.30. The Balaban J connectivity index is 1.45. The van der Waals surface area contributed by atoms with Crippen LogP contribution in [0.4, 0.5) is 0 Å². The Morgan fingerprint density at radius 3 is 3.04 bits per heavy atom. The maximum Gasteiger partial charge on any atom is 0.434 e. The van der Waals surface area contributed by atoms with Crippen LogP contribution in [-0.2, 0) is 6.54 Å². The maximum absolute atomic E-state index is 12.7. The normalized spacial score (nSPS) is 17.8. The van der Waals surface area contributed by atoms with Gasteiger partial charge in [-0.1, -0.05) is 0 Å². The molecule has 1 fully saturated rings. The molecule has 1 atom stereocenters. The molecule has 0 aromatic carbocycles. The predicted octanol–water partition coefficient (Wildman–Crippen LogP) is 1.22. The predicted molar refractivity (Wildman–Crippen MR) is 85.0 cm³/mol. The van der Waals surface area contributed by atoms with E-state index in [1.54, 1.807) is 29.6 Å². The van der Waals surface area contributed by atoms with E-state index in [1.165, 1.54) is 0 Å². The number of carbonyl (C=O) groups is 1. The quantitative estimate of drug-likeness (QED) is 0.762. The van der Waals surface area contributed by atoms with Crippen LogP contribution in [-0.4, -0.2) is 43.6 Å². The number of imidazole rings is 1. The number of nitrogens with one attached hydrogen (secondary N) is 1. The number of piperidine rings is 1. The van der Waals surface area contributed by atoms with Crippen LogP contribution in [0.3, 0.4) is 0 Å². The molecule has 9 nitrogen and oxygen atoms in total. The topological polar surface area (TPSA) is 110 Å². The molecule has 130 valence electrons. The lowest BCUT2D eigenvalue weighted by atomic mass is 9.98. The van der Waals surface area contributed by atoms with Gasteiger partial charge in [0.1, 0.15) is 5.76 Å². The van der Waals surface area contributed by atoms with E-state index in [0.29, 0.717) is 37.0 Å². The zero-order chi connectivity index (χ0) is 17.2. The van der Waals surface area contributed by atoms with E-state index in [9.17, 15) is 9.59 Å². The Labute approximate surface area is 142 Å². The van der Waals surface area contributed by atoms with Crippen LogP contribution < -0.4 is 5.76 Å². The lowest BCUT2D eigenvalue weighted by Crippen LogP contribution is -2.39. The molecule has 1 aliphatic heterocycles. The largest absolute Gasteiger partial charge is 0.454 e. The highest BCUT2D eigenvalue weighted by Gasteiger charge is 2.29. The summed E-state index contributed by atoms with van der Waals surface area (Å²) < 4.78 is 12.6. The average Bonchev–Trinajstić information content (AvgIpc) is 3.37. The number of hydrogen-bond acceptors (Lipinski definition) is 6. The van der Waals surface area contributed by atoms with E-state index in [2.05, 4.69) is 15.2 Å². The number of likely N-dealkylation sites (tertiary alicyclic amines) is 1. The summed E-state index contributed by atoms with van der Waals surface area (Å²) in [5.74, 6) is 0.514. The van der Waals surface area contributed by atoms with E-state index in [4.69, 9.17) is 8.83 Å². The molecule has 4 heterocycles. The van der Waals surface area contributed by atoms with Gasteiger partial charge in [0.15, 0.2) is 5.76 Å². The third kappa shape index (κ3) is 3.25. The van der Waals surface area contributed by atoms with Gasteiger partial charge in [-0.2, -0.15) is 0 Å². The van der Waals surface area contributed by atoms with Crippen LogP contribution in [0.5, 0.6) is 0 Å². The van der Waals surface area contributed by atoms with Gasteiger partial charge in [0.2, 0.25) is 5.89 Å². The molecule has 4 rings (SSSR count). The molecule has 25 heavy (non-hydrogen) atoms. The van der Waals surface area contributed by atoms with Crippen LogP contribution in [0.15, 0.2) is 44.5 Å². The fourth-order valence-corrected chi connectivity index (χ4v) is 3.07. The van der Waals surface area contributed by atoms with Gasteiger partial charge in [-0.3, -0.25) is 4.79 Å². The second-order valence-corrected chi connectivity index (χ2v) is 6.04. The summed E-state index contributed by atoms with van der Waals surface area (Å²) in [4.78, 5) is 29.5. The first-order chi connectivity index (χ1) is 12.2. The molecule has 1 aliphatic rings. The van der Waals surface area contributed by atoms with Crippen molar-refractivity contribution in [1.29, 1.82) is 0 Å². The number of aromatic amines is 1. The minimum atomic E-state index is -0.575. The molecular weight excluding hydrogens is 326 g/mol. The Kier molecular flexibility index (Phi) is 3.96. The monoisotopic (exact) mass is 343 g/mol. The van der Waals surface area contributed by atoms with Gasteiger partial charge in [0.05, 0.1) is 18.8 Å². The first-order valence-corrected chi connectivity index (χ1v) is 8.08. The van der Waals surface area contributed by atoms with E-state index in [-0.39, 0.29) is 11.8 Å². The number of aromatic nitrogens is 4. The summed E-state index contributed by atoms with van der Waals surface area (Å²) in [5, 5.41) is 6.14. The molecule has 0 bridgehead atoms. The first-order valence-electron chi connectivity index (χ1n) is 8.08. The molecule has 1 unspecified atom stereocenters. The van der Waals surface area contributed by atoms with Crippen molar-refractivity contribution in [2.24, 2.45) is 0 Å². The molecule has 1 saturated heterocycles. The minimum Gasteiger partial charge on any atom is -0.454 e. The Hall–Kier alpha value is -3.10. The second-order valence-electron chi connectivity index (χ2n) is 6.04. The Bertz CT molecular complexity index is 907. The van der Waals surface area contributed by atoms with Crippen molar-refractivity contribution in [3.63, 3.8) is 0 Å². The number of amides is 1. The standard InChI is InChI=1S/C16H17N5O4/c22-15(13-4-3-12(24-13)9-20-7-5-17-10-20)21-6-1-2-11(8-21)14-18-19-16(23)25-14/h3-5,7,10-11H,1-2,6,8-9H2,(H,19,23). The van der Waals surface area contributed by atoms with Crippen LogP contribution in [0.25, 0.3) is 0 Å². The lowest BCUT2D eigenvalue weighted by molar-refractivity contribution is 0.0663. The molecule has 1 N–H and O–H groups in total. The molecule has 0 aliphatic carbocycles. The molecule has 3 aromatic heterocycles. The van der Waals surface area contributed by atoms with Crippen molar-refractivity contribution in [2.45, 2.75) is 25.3 Å². The fraction of sp³-hybridized carbons (Fsp3) is 0.375. The van der Waals surface area contributed by atoms with Crippen molar-refractivity contribution in [2.75, 3.05) is 13.1 Å². The Morgan fingerprint density at radius 2 is 2.28 bits per heavy atom. The summed E-state index contributed by atoms with van der Waals surface area (Å²) in [6.45, 7) is 1.61.